The number of ether oxygens (including phenoxy) is 2. The minimum absolute atomic E-state index is 0.00503. The Kier molecular flexibility index (Phi) is 5.44. The second-order valence-corrected chi connectivity index (χ2v) is 7.39. The second-order valence-electron chi connectivity index (χ2n) is 6.38. The van der Waals surface area contributed by atoms with Gasteiger partial charge in [0.2, 0.25) is 0 Å². The fourth-order valence-corrected chi connectivity index (χ4v) is 4.06. The molecule has 0 atom stereocenters. The fraction of sp³-hybridized carbons (Fsp3) is 0.143. The molecule has 30 heavy (non-hydrogen) atoms. The van der Waals surface area contributed by atoms with Crippen LogP contribution in [0.4, 0.5) is 5.69 Å². The molecule has 1 aromatic heterocycles. The van der Waals surface area contributed by atoms with E-state index in [1.165, 1.54) is 29.5 Å². The number of aromatic nitrogens is 1. The number of rotatable bonds is 5. The van der Waals surface area contributed by atoms with Crippen molar-refractivity contribution in [3.05, 3.63) is 75.6 Å². The van der Waals surface area contributed by atoms with E-state index in [0.717, 1.165) is 10.2 Å². The van der Waals surface area contributed by atoms with E-state index < -0.39 is 10.8 Å². The lowest BCUT2D eigenvalue weighted by molar-refractivity contribution is -0.384. The summed E-state index contributed by atoms with van der Waals surface area (Å²) in [5.41, 5.74) is 1.55. The average Bonchev–Trinajstić information content (AvgIpc) is 3.07. The van der Waals surface area contributed by atoms with Gasteiger partial charge in [0.05, 0.1) is 15.1 Å². The summed E-state index contributed by atoms with van der Waals surface area (Å²) in [6.45, 7) is 5.26. The number of amides is 1. The van der Waals surface area contributed by atoms with Crippen molar-refractivity contribution in [2.24, 2.45) is 4.99 Å². The van der Waals surface area contributed by atoms with Crippen LogP contribution in [0.3, 0.4) is 0 Å². The maximum absolute atomic E-state index is 12.4. The first-order chi connectivity index (χ1) is 14.5. The standard InChI is InChI=1S/C21H17N3O5S/c1-2-9-23-16-12-17-18(29-11-10-28-17)13-19(16)30-21(23)22-20(25)8-5-14-3-6-15(7-4-14)24(26)27/h2-8,12-13H,1,9-11H2/b8-5-,22-21?. The topological polar surface area (TPSA) is 96.0 Å². The molecular weight excluding hydrogens is 406 g/mol. The van der Waals surface area contributed by atoms with Gasteiger partial charge in [-0.1, -0.05) is 17.4 Å². The van der Waals surface area contributed by atoms with Crippen LogP contribution in [0, 0.1) is 10.1 Å². The fourth-order valence-electron chi connectivity index (χ4n) is 3.00. The minimum atomic E-state index is -0.471. The number of nitro benzene ring substituents is 1. The molecule has 1 aliphatic heterocycles. The molecule has 8 nitrogen and oxygen atoms in total. The van der Waals surface area contributed by atoms with Gasteiger partial charge in [-0.25, -0.2) is 0 Å². The predicted octanol–water partition coefficient (Wildman–Crippen LogP) is 3.71. The van der Waals surface area contributed by atoms with Crippen molar-refractivity contribution in [1.29, 1.82) is 0 Å². The van der Waals surface area contributed by atoms with Crippen LogP contribution in [-0.4, -0.2) is 28.6 Å². The van der Waals surface area contributed by atoms with Crippen molar-refractivity contribution in [3.63, 3.8) is 0 Å². The molecule has 0 fully saturated rings. The molecule has 3 aromatic rings. The number of allylic oxidation sites excluding steroid dienone is 1. The van der Waals surface area contributed by atoms with Crippen LogP contribution in [0.25, 0.3) is 16.3 Å². The minimum Gasteiger partial charge on any atom is -0.486 e. The van der Waals surface area contributed by atoms with Gasteiger partial charge in [0, 0.05) is 36.9 Å². The first kappa shape index (κ1) is 19.6. The zero-order valence-corrected chi connectivity index (χ0v) is 16.6. The largest absolute Gasteiger partial charge is 0.486 e. The van der Waals surface area contributed by atoms with Gasteiger partial charge >= 0.3 is 0 Å². The quantitative estimate of drug-likeness (QED) is 0.270. The molecule has 0 spiro atoms. The van der Waals surface area contributed by atoms with E-state index in [9.17, 15) is 14.9 Å². The van der Waals surface area contributed by atoms with Gasteiger partial charge in [0.25, 0.3) is 11.6 Å². The van der Waals surface area contributed by atoms with Crippen LogP contribution in [0.2, 0.25) is 0 Å². The van der Waals surface area contributed by atoms with Crippen LogP contribution >= 0.6 is 11.3 Å². The Balaban J connectivity index is 1.66. The maximum Gasteiger partial charge on any atom is 0.272 e. The van der Waals surface area contributed by atoms with Crippen LogP contribution in [0.1, 0.15) is 5.56 Å². The number of benzene rings is 2. The number of hydrogen-bond donors (Lipinski definition) is 0. The summed E-state index contributed by atoms with van der Waals surface area (Å²) in [6.07, 6.45) is 4.64. The predicted molar refractivity (Wildman–Crippen MR) is 114 cm³/mol. The number of hydrogen-bond acceptors (Lipinski definition) is 6. The molecule has 9 heteroatoms. The lowest BCUT2D eigenvalue weighted by Gasteiger charge is -2.18. The molecule has 0 N–H and O–H groups in total. The van der Waals surface area contributed by atoms with Gasteiger partial charge in [-0.15, -0.1) is 6.58 Å². The van der Waals surface area contributed by atoms with Gasteiger partial charge in [-0.2, -0.15) is 4.99 Å². The first-order valence-electron chi connectivity index (χ1n) is 9.10. The molecule has 0 saturated carbocycles. The Morgan fingerprint density at radius 2 is 1.93 bits per heavy atom. The highest BCUT2D eigenvalue weighted by Crippen LogP contribution is 2.35. The first-order valence-corrected chi connectivity index (χ1v) is 9.92. The summed E-state index contributed by atoms with van der Waals surface area (Å²) in [6, 6.07) is 9.70. The lowest BCUT2D eigenvalue weighted by Crippen LogP contribution is -2.17. The van der Waals surface area contributed by atoms with Crippen molar-refractivity contribution in [3.8, 4) is 11.5 Å². The van der Waals surface area contributed by atoms with Crippen LogP contribution < -0.4 is 14.3 Å². The summed E-state index contributed by atoms with van der Waals surface area (Å²) in [7, 11) is 0. The molecule has 0 bridgehead atoms. The molecule has 1 amide bonds. The molecule has 0 saturated heterocycles. The van der Waals surface area contributed by atoms with Crippen molar-refractivity contribution in [2.75, 3.05) is 13.2 Å². The molecule has 0 aliphatic carbocycles. The summed E-state index contributed by atoms with van der Waals surface area (Å²) in [4.78, 5) is 27.4. The number of nitro groups is 1. The Labute approximate surface area is 175 Å². The van der Waals surface area contributed by atoms with E-state index in [1.54, 1.807) is 24.3 Å². The summed E-state index contributed by atoms with van der Waals surface area (Å²) in [5, 5.41) is 10.7. The van der Waals surface area contributed by atoms with E-state index in [2.05, 4.69) is 11.6 Å². The third-order valence-electron chi connectivity index (χ3n) is 4.39. The summed E-state index contributed by atoms with van der Waals surface area (Å²) >= 11 is 1.38. The van der Waals surface area contributed by atoms with Crippen molar-refractivity contribution in [1.82, 2.24) is 4.57 Å². The smallest absolute Gasteiger partial charge is 0.272 e. The van der Waals surface area contributed by atoms with Crippen LogP contribution in [0.15, 0.2) is 60.1 Å². The zero-order chi connectivity index (χ0) is 21.1. The zero-order valence-electron chi connectivity index (χ0n) is 15.8. The lowest BCUT2D eigenvalue weighted by atomic mass is 10.2. The molecule has 0 radical (unpaired) electrons. The van der Waals surface area contributed by atoms with E-state index in [4.69, 9.17) is 9.47 Å². The molecule has 2 aromatic carbocycles. The maximum atomic E-state index is 12.4. The highest BCUT2D eigenvalue weighted by Gasteiger charge is 2.16. The Hall–Kier alpha value is -3.72. The van der Waals surface area contributed by atoms with E-state index in [-0.39, 0.29) is 5.69 Å². The third kappa shape index (κ3) is 4.01. The Bertz CT molecular complexity index is 1240. The highest BCUT2D eigenvalue weighted by molar-refractivity contribution is 7.16. The summed E-state index contributed by atoms with van der Waals surface area (Å²) in [5.74, 6) is 0.909. The monoisotopic (exact) mass is 423 g/mol. The Morgan fingerprint density at radius 3 is 2.60 bits per heavy atom. The second kappa shape index (κ2) is 8.34. The van der Waals surface area contributed by atoms with Crippen molar-refractivity contribution >= 4 is 39.2 Å². The number of carbonyl (C=O) groups is 1. The molecule has 1 aliphatic rings. The SMILES string of the molecule is C=CCn1c(=NC(=O)/C=C\c2ccc([N+](=O)[O-])cc2)sc2cc3c(cc21)OCCO3. The third-order valence-corrected chi connectivity index (χ3v) is 5.43. The van der Waals surface area contributed by atoms with Crippen molar-refractivity contribution < 1.29 is 19.2 Å². The highest BCUT2D eigenvalue weighted by atomic mass is 32.1. The number of thiazole rings is 1. The van der Waals surface area contributed by atoms with Gasteiger partial charge in [0.1, 0.15) is 13.2 Å². The molecule has 152 valence electrons. The van der Waals surface area contributed by atoms with Gasteiger partial charge in [-0.3, -0.25) is 14.9 Å². The molecule has 4 rings (SSSR count). The normalized spacial score (nSPS) is 13.7. The van der Waals surface area contributed by atoms with Gasteiger partial charge in [-0.05, 0) is 23.8 Å². The number of nitrogens with zero attached hydrogens (tertiary/aromatic N) is 3. The van der Waals surface area contributed by atoms with Gasteiger partial charge in [0.15, 0.2) is 16.3 Å². The van der Waals surface area contributed by atoms with E-state index in [1.807, 2.05) is 16.7 Å². The average molecular weight is 423 g/mol. The van der Waals surface area contributed by atoms with E-state index in [0.29, 0.717) is 41.6 Å². The molecule has 2 heterocycles. The van der Waals surface area contributed by atoms with Crippen molar-refractivity contribution in [2.45, 2.75) is 6.54 Å². The summed E-state index contributed by atoms with van der Waals surface area (Å²) < 4.78 is 14.1. The van der Waals surface area contributed by atoms with E-state index >= 15 is 0 Å². The molecular formula is C21H17N3O5S. The number of fused-ring (bicyclic) bond motifs is 2. The van der Waals surface area contributed by atoms with Crippen LogP contribution in [-0.2, 0) is 11.3 Å². The number of carbonyl (C=O) groups excluding carboxylic acids is 1. The number of non-ortho nitro benzene ring substituents is 1. The Morgan fingerprint density at radius 1 is 1.23 bits per heavy atom. The van der Waals surface area contributed by atoms with Gasteiger partial charge < -0.3 is 14.0 Å². The van der Waals surface area contributed by atoms with Crippen LogP contribution in [0.5, 0.6) is 11.5 Å². The molecule has 0 unspecified atom stereocenters.